The molecule has 2 aromatic carbocycles. The van der Waals surface area contributed by atoms with Crippen LogP contribution in [0.4, 0.5) is 5.69 Å². The number of para-hydroxylation sites is 1. The van der Waals surface area contributed by atoms with Crippen molar-refractivity contribution in [2.24, 2.45) is 0 Å². The molecule has 0 radical (unpaired) electrons. The van der Waals surface area contributed by atoms with Crippen LogP contribution in [0.2, 0.25) is 5.02 Å². The molecule has 7 heteroatoms. The number of rotatable bonds is 8. The third kappa shape index (κ3) is 5.87. The molecule has 3 aromatic rings. The molecule has 1 aliphatic rings. The Kier molecular flexibility index (Phi) is 6.89. The second-order valence-corrected chi connectivity index (χ2v) is 8.35. The van der Waals surface area contributed by atoms with Gasteiger partial charge in [0.25, 0.3) is 0 Å². The largest absolute Gasteiger partial charge is 0.492 e. The molecule has 0 bridgehead atoms. The SMILES string of the molecule is CC(=O)Nc1ccc(CN2CCC(c3cc(CCOc4ccccc4Cl)[nH]n3)C2)cc1. The fraction of sp³-hybridized carbons (Fsp3) is 0.333. The van der Waals surface area contributed by atoms with Crippen LogP contribution >= 0.6 is 11.6 Å². The molecule has 1 amide bonds. The summed E-state index contributed by atoms with van der Waals surface area (Å²) in [5, 5.41) is 11.1. The standard InChI is InChI=1S/C24H27ClN4O2/c1-17(30)26-20-8-6-18(7-9-20)15-29-12-10-19(16-29)23-14-21(27-28-23)11-13-31-24-5-3-2-4-22(24)25/h2-9,14,19H,10-13,15-16H2,1H3,(H,26,30)(H,27,28). The molecule has 0 aliphatic carbocycles. The summed E-state index contributed by atoms with van der Waals surface area (Å²) in [7, 11) is 0. The monoisotopic (exact) mass is 438 g/mol. The van der Waals surface area contributed by atoms with Crippen molar-refractivity contribution in [3.05, 3.63) is 76.6 Å². The number of hydrogen-bond acceptors (Lipinski definition) is 4. The number of anilines is 1. The zero-order valence-electron chi connectivity index (χ0n) is 17.6. The molecule has 1 aromatic heterocycles. The number of nitrogens with zero attached hydrogens (tertiary/aromatic N) is 2. The Labute approximate surface area is 187 Å². The number of carbonyl (C=O) groups excluding carboxylic acids is 1. The third-order valence-electron chi connectivity index (χ3n) is 5.49. The quantitative estimate of drug-likeness (QED) is 0.537. The van der Waals surface area contributed by atoms with Gasteiger partial charge in [-0.25, -0.2) is 0 Å². The van der Waals surface area contributed by atoms with Crippen molar-refractivity contribution in [2.75, 3.05) is 25.0 Å². The van der Waals surface area contributed by atoms with Gasteiger partial charge < -0.3 is 10.1 Å². The first kappa shape index (κ1) is 21.4. The molecular formula is C24H27ClN4O2. The minimum absolute atomic E-state index is 0.0519. The lowest BCUT2D eigenvalue weighted by atomic mass is 10.0. The van der Waals surface area contributed by atoms with Crippen molar-refractivity contribution < 1.29 is 9.53 Å². The number of carbonyl (C=O) groups is 1. The van der Waals surface area contributed by atoms with Gasteiger partial charge >= 0.3 is 0 Å². The van der Waals surface area contributed by atoms with Crippen LogP contribution in [0.1, 0.15) is 36.2 Å². The molecule has 0 saturated carbocycles. The van der Waals surface area contributed by atoms with Crippen molar-refractivity contribution in [1.82, 2.24) is 15.1 Å². The Bertz CT molecular complexity index is 1020. The highest BCUT2D eigenvalue weighted by Crippen LogP contribution is 2.28. The summed E-state index contributed by atoms with van der Waals surface area (Å²) in [5.41, 5.74) is 4.28. The van der Waals surface area contributed by atoms with Gasteiger partial charge in [0, 0.05) is 43.7 Å². The molecule has 1 saturated heterocycles. The summed E-state index contributed by atoms with van der Waals surface area (Å²) in [5.74, 6) is 1.09. The molecule has 2 heterocycles. The highest BCUT2D eigenvalue weighted by Gasteiger charge is 2.25. The van der Waals surface area contributed by atoms with Crippen LogP contribution in [0.15, 0.2) is 54.6 Å². The van der Waals surface area contributed by atoms with Gasteiger partial charge in [0.15, 0.2) is 0 Å². The predicted octanol–water partition coefficient (Wildman–Crippen LogP) is 4.63. The Morgan fingerprint density at radius 2 is 2.06 bits per heavy atom. The maximum Gasteiger partial charge on any atom is 0.221 e. The van der Waals surface area contributed by atoms with Crippen LogP contribution in [0.5, 0.6) is 5.75 Å². The summed E-state index contributed by atoms with van der Waals surface area (Å²) in [6.45, 7) is 5.02. The number of likely N-dealkylation sites (tertiary alicyclic amines) is 1. The number of halogens is 1. The van der Waals surface area contributed by atoms with E-state index in [-0.39, 0.29) is 5.91 Å². The van der Waals surface area contributed by atoms with Gasteiger partial charge in [0.05, 0.1) is 17.3 Å². The van der Waals surface area contributed by atoms with Crippen LogP contribution in [0.25, 0.3) is 0 Å². The molecule has 1 atom stereocenters. The van der Waals surface area contributed by atoms with E-state index in [1.807, 2.05) is 36.4 Å². The fourth-order valence-electron chi connectivity index (χ4n) is 3.92. The van der Waals surface area contributed by atoms with E-state index in [0.29, 0.717) is 23.3 Å². The van der Waals surface area contributed by atoms with Gasteiger partial charge in [-0.3, -0.25) is 14.8 Å². The molecule has 31 heavy (non-hydrogen) atoms. The Morgan fingerprint density at radius 1 is 1.26 bits per heavy atom. The van der Waals surface area contributed by atoms with E-state index in [1.165, 1.54) is 12.5 Å². The zero-order valence-corrected chi connectivity index (χ0v) is 18.4. The number of hydrogen-bond donors (Lipinski definition) is 2. The zero-order chi connectivity index (χ0) is 21.6. The second-order valence-electron chi connectivity index (χ2n) is 7.95. The van der Waals surface area contributed by atoms with Crippen molar-refractivity contribution in [3.8, 4) is 5.75 Å². The predicted molar refractivity (Wildman–Crippen MR) is 123 cm³/mol. The molecular weight excluding hydrogens is 412 g/mol. The summed E-state index contributed by atoms with van der Waals surface area (Å²) >= 11 is 6.13. The fourth-order valence-corrected chi connectivity index (χ4v) is 4.11. The Morgan fingerprint density at radius 3 is 2.84 bits per heavy atom. The molecule has 2 N–H and O–H groups in total. The van der Waals surface area contributed by atoms with E-state index in [9.17, 15) is 4.79 Å². The van der Waals surface area contributed by atoms with Crippen molar-refractivity contribution in [1.29, 1.82) is 0 Å². The number of aromatic amines is 1. The number of amides is 1. The maximum atomic E-state index is 11.1. The highest BCUT2D eigenvalue weighted by molar-refractivity contribution is 6.32. The average Bonchev–Trinajstić information content (AvgIpc) is 3.40. The number of nitrogens with one attached hydrogen (secondary N) is 2. The van der Waals surface area contributed by atoms with Gasteiger partial charge in [0.1, 0.15) is 5.75 Å². The lowest BCUT2D eigenvalue weighted by molar-refractivity contribution is -0.114. The van der Waals surface area contributed by atoms with E-state index in [0.717, 1.165) is 49.6 Å². The van der Waals surface area contributed by atoms with Crippen LogP contribution in [-0.4, -0.2) is 40.7 Å². The minimum Gasteiger partial charge on any atom is -0.492 e. The van der Waals surface area contributed by atoms with E-state index >= 15 is 0 Å². The molecule has 1 aliphatic heterocycles. The molecule has 0 spiro atoms. The molecule has 1 unspecified atom stereocenters. The van der Waals surface area contributed by atoms with Crippen molar-refractivity contribution >= 4 is 23.2 Å². The van der Waals surface area contributed by atoms with Crippen molar-refractivity contribution in [3.63, 3.8) is 0 Å². The van der Waals surface area contributed by atoms with E-state index in [4.69, 9.17) is 16.3 Å². The lowest BCUT2D eigenvalue weighted by Gasteiger charge is -2.16. The van der Waals surface area contributed by atoms with Gasteiger partial charge in [-0.05, 0) is 48.9 Å². The topological polar surface area (TPSA) is 70.2 Å². The van der Waals surface area contributed by atoms with Gasteiger partial charge in [-0.2, -0.15) is 5.10 Å². The summed E-state index contributed by atoms with van der Waals surface area (Å²) < 4.78 is 5.78. The lowest BCUT2D eigenvalue weighted by Crippen LogP contribution is -2.19. The summed E-state index contributed by atoms with van der Waals surface area (Å²) in [4.78, 5) is 13.6. The van der Waals surface area contributed by atoms with Gasteiger partial charge in [-0.15, -0.1) is 0 Å². The molecule has 1 fully saturated rings. The summed E-state index contributed by atoms with van der Waals surface area (Å²) in [6, 6.07) is 17.7. The Hall–Kier alpha value is -2.83. The second kappa shape index (κ2) is 9.98. The Balaban J connectivity index is 1.25. The smallest absolute Gasteiger partial charge is 0.221 e. The normalized spacial score (nSPS) is 16.4. The van der Waals surface area contributed by atoms with Gasteiger partial charge in [0.2, 0.25) is 5.91 Å². The number of benzene rings is 2. The minimum atomic E-state index is -0.0519. The highest BCUT2D eigenvalue weighted by atomic mass is 35.5. The first-order chi connectivity index (χ1) is 15.1. The molecule has 162 valence electrons. The van der Waals surface area contributed by atoms with E-state index in [1.54, 1.807) is 0 Å². The van der Waals surface area contributed by atoms with Crippen LogP contribution < -0.4 is 10.1 Å². The number of aromatic nitrogens is 2. The average molecular weight is 439 g/mol. The number of ether oxygens (including phenoxy) is 1. The van der Waals surface area contributed by atoms with E-state index in [2.05, 4.69) is 38.6 Å². The molecule has 6 nitrogen and oxygen atoms in total. The summed E-state index contributed by atoms with van der Waals surface area (Å²) in [6.07, 6.45) is 1.86. The van der Waals surface area contributed by atoms with Crippen LogP contribution in [-0.2, 0) is 17.8 Å². The van der Waals surface area contributed by atoms with E-state index < -0.39 is 0 Å². The van der Waals surface area contributed by atoms with Gasteiger partial charge in [-0.1, -0.05) is 35.9 Å². The maximum absolute atomic E-state index is 11.1. The first-order valence-corrected chi connectivity index (χ1v) is 10.9. The van der Waals surface area contributed by atoms with Crippen LogP contribution in [0, 0.1) is 0 Å². The van der Waals surface area contributed by atoms with Crippen molar-refractivity contribution in [2.45, 2.75) is 32.2 Å². The number of H-pyrrole nitrogens is 1. The molecule has 4 rings (SSSR count). The third-order valence-corrected chi connectivity index (χ3v) is 5.80. The first-order valence-electron chi connectivity index (χ1n) is 10.6. The van der Waals surface area contributed by atoms with Crippen LogP contribution in [0.3, 0.4) is 0 Å².